The van der Waals surface area contributed by atoms with Crippen LogP contribution in [0.5, 0.6) is 5.75 Å². The molecule has 2 aromatic rings. The van der Waals surface area contributed by atoms with Gasteiger partial charge in [-0.05, 0) is 18.6 Å². The molecule has 0 unspecified atom stereocenters. The van der Waals surface area contributed by atoms with Crippen molar-refractivity contribution in [3.05, 3.63) is 34.5 Å². The van der Waals surface area contributed by atoms with E-state index in [4.69, 9.17) is 15.6 Å². The van der Waals surface area contributed by atoms with Gasteiger partial charge in [-0.15, -0.1) is 0 Å². The lowest BCUT2D eigenvalue weighted by molar-refractivity contribution is -0.383. The van der Waals surface area contributed by atoms with Crippen LogP contribution in [-0.4, -0.2) is 39.6 Å². The molecule has 3 N–H and O–H groups in total. The SMILES string of the molecule is COc1ccc([N+](=O)[O-])c2c1ccn2C(=O)CC[C@H](N)C(=O)O. The third-order valence-corrected chi connectivity index (χ3v) is 3.46. The van der Waals surface area contributed by atoms with Crippen molar-refractivity contribution in [3.8, 4) is 5.75 Å². The van der Waals surface area contributed by atoms with Gasteiger partial charge in [0.25, 0.3) is 5.69 Å². The third-order valence-electron chi connectivity index (χ3n) is 3.46. The molecule has 0 aliphatic heterocycles. The van der Waals surface area contributed by atoms with Crippen LogP contribution in [0.4, 0.5) is 5.69 Å². The highest BCUT2D eigenvalue weighted by Crippen LogP contribution is 2.33. The van der Waals surface area contributed by atoms with Crippen molar-refractivity contribution in [2.24, 2.45) is 5.73 Å². The number of methoxy groups -OCH3 is 1. The van der Waals surface area contributed by atoms with E-state index >= 15 is 0 Å². The van der Waals surface area contributed by atoms with E-state index < -0.39 is 22.8 Å². The van der Waals surface area contributed by atoms with Crippen LogP contribution in [-0.2, 0) is 4.79 Å². The van der Waals surface area contributed by atoms with Crippen LogP contribution < -0.4 is 10.5 Å². The van der Waals surface area contributed by atoms with Crippen molar-refractivity contribution in [2.75, 3.05) is 7.11 Å². The molecule has 1 aromatic heterocycles. The molecule has 0 bridgehead atoms. The fourth-order valence-electron chi connectivity index (χ4n) is 2.27. The number of fused-ring (bicyclic) bond motifs is 1. The molecule has 23 heavy (non-hydrogen) atoms. The summed E-state index contributed by atoms with van der Waals surface area (Å²) in [6, 6.07) is 3.09. The number of ether oxygens (including phenoxy) is 1. The summed E-state index contributed by atoms with van der Waals surface area (Å²) in [5.41, 5.74) is 5.24. The summed E-state index contributed by atoms with van der Waals surface area (Å²) >= 11 is 0. The summed E-state index contributed by atoms with van der Waals surface area (Å²) in [6.07, 6.45) is 1.19. The molecular weight excluding hydrogens is 306 g/mol. The number of carboxylic acid groups (broad SMARTS) is 1. The number of nitrogens with zero attached hydrogens (tertiary/aromatic N) is 2. The number of carbonyl (C=O) groups excluding carboxylic acids is 1. The summed E-state index contributed by atoms with van der Waals surface area (Å²) in [4.78, 5) is 33.6. The van der Waals surface area contributed by atoms with Gasteiger partial charge in [-0.1, -0.05) is 0 Å². The van der Waals surface area contributed by atoms with Crippen molar-refractivity contribution in [2.45, 2.75) is 18.9 Å². The molecule has 0 aliphatic rings. The molecule has 0 fully saturated rings. The van der Waals surface area contributed by atoms with Crippen LogP contribution in [0.15, 0.2) is 24.4 Å². The third kappa shape index (κ3) is 3.14. The van der Waals surface area contributed by atoms with Crippen molar-refractivity contribution >= 4 is 28.5 Å². The van der Waals surface area contributed by atoms with Gasteiger partial charge in [0.1, 0.15) is 17.3 Å². The first-order valence-electron chi connectivity index (χ1n) is 6.70. The molecule has 122 valence electrons. The van der Waals surface area contributed by atoms with Gasteiger partial charge in [-0.25, -0.2) is 0 Å². The monoisotopic (exact) mass is 321 g/mol. The van der Waals surface area contributed by atoms with Gasteiger partial charge in [0.15, 0.2) is 0 Å². The second kappa shape index (κ2) is 6.44. The largest absolute Gasteiger partial charge is 0.496 e. The van der Waals surface area contributed by atoms with Gasteiger partial charge in [0.05, 0.1) is 12.0 Å². The minimum absolute atomic E-state index is 0.0639. The van der Waals surface area contributed by atoms with Gasteiger partial charge in [-0.2, -0.15) is 0 Å². The Balaban J connectivity index is 2.43. The standard InChI is InChI=1S/C14H15N3O6/c1-23-11-4-3-10(17(21)22)13-8(11)6-7-16(13)12(18)5-2-9(15)14(19)20/h3-4,6-7,9H,2,5,15H2,1H3,(H,19,20)/t9-/m0/s1. The number of nitrogens with two attached hydrogens (primary N) is 1. The maximum Gasteiger partial charge on any atom is 0.320 e. The molecule has 1 atom stereocenters. The number of carbonyl (C=O) groups is 2. The van der Waals surface area contributed by atoms with E-state index in [0.717, 1.165) is 4.57 Å². The van der Waals surface area contributed by atoms with E-state index in [1.807, 2.05) is 0 Å². The average molecular weight is 321 g/mol. The van der Waals surface area contributed by atoms with E-state index in [1.165, 1.54) is 31.5 Å². The zero-order valence-corrected chi connectivity index (χ0v) is 12.3. The minimum Gasteiger partial charge on any atom is -0.496 e. The molecule has 1 heterocycles. The maximum absolute atomic E-state index is 12.3. The number of non-ortho nitro benzene ring substituents is 1. The first-order valence-corrected chi connectivity index (χ1v) is 6.70. The smallest absolute Gasteiger partial charge is 0.320 e. The number of aromatic nitrogens is 1. The fourth-order valence-corrected chi connectivity index (χ4v) is 2.27. The highest BCUT2D eigenvalue weighted by molar-refractivity contribution is 6.00. The van der Waals surface area contributed by atoms with Crippen LogP contribution >= 0.6 is 0 Å². The number of nitro benzene ring substituents is 1. The number of aliphatic carboxylic acids is 1. The molecule has 9 heteroatoms. The Hall–Kier alpha value is -2.94. The lowest BCUT2D eigenvalue weighted by atomic mass is 10.1. The molecule has 0 saturated carbocycles. The Labute approximate surface area is 130 Å². The number of carboxylic acids is 1. The van der Waals surface area contributed by atoms with Crippen molar-refractivity contribution in [3.63, 3.8) is 0 Å². The molecule has 1 aromatic carbocycles. The summed E-state index contributed by atoms with van der Waals surface area (Å²) in [7, 11) is 1.42. The summed E-state index contributed by atoms with van der Waals surface area (Å²) in [5.74, 6) is -1.28. The van der Waals surface area contributed by atoms with Gasteiger partial charge in [-0.3, -0.25) is 24.3 Å². The Morgan fingerprint density at radius 3 is 2.70 bits per heavy atom. The van der Waals surface area contributed by atoms with E-state index in [0.29, 0.717) is 11.1 Å². The molecule has 0 aliphatic carbocycles. The van der Waals surface area contributed by atoms with Crippen LogP contribution in [0.2, 0.25) is 0 Å². The number of nitro groups is 1. The van der Waals surface area contributed by atoms with Crippen molar-refractivity contribution in [1.82, 2.24) is 4.57 Å². The predicted molar refractivity (Wildman–Crippen MR) is 80.6 cm³/mol. The zero-order valence-electron chi connectivity index (χ0n) is 12.3. The first kappa shape index (κ1) is 16.4. The number of hydrogen-bond donors (Lipinski definition) is 2. The Morgan fingerprint density at radius 2 is 2.13 bits per heavy atom. The summed E-state index contributed by atoms with van der Waals surface area (Å²) in [6.45, 7) is 0. The van der Waals surface area contributed by atoms with Crippen LogP contribution in [0.25, 0.3) is 10.9 Å². The van der Waals surface area contributed by atoms with E-state index in [9.17, 15) is 19.7 Å². The summed E-state index contributed by atoms with van der Waals surface area (Å²) in [5, 5.41) is 20.3. The lowest BCUT2D eigenvalue weighted by Crippen LogP contribution is -2.31. The van der Waals surface area contributed by atoms with Crippen molar-refractivity contribution in [1.29, 1.82) is 0 Å². The van der Waals surface area contributed by atoms with Gasteiger partial charge < -0.3 is 15.6 Å². The molecule has 0 radical (unpaired) electrons. The quantitative estimate of drug-likeness (QED) is 0.605. The maximum atomic E-state index is 12.3. The van der Waals surface area contributed by atoms with Crippen LogP contribution in [0.1, 0.15) is 17.6 Å². The van der Waals surface area contributed by atoms with E-state index in [-0.39, 0.29) is 24.0 Å². The number of hydrogen-bond acceptors (Lipinski definition) is 6. The molecule has 0 saturated heterocycles. The van der Waals surface area contributed by atoms with Crippen molar-refractivity contribution < 1.29 is 24.4 Å². The predicted octanol–water partition coefficient (Wildman–Crippen LogP) is 1.39. The molecule has 0 amide bonds. The highest BCUT2D eigenvalue weighted by atomic mass is 16.6. The zero-order chi connectivity index (χ0) is 17.1. The number of benzene rings is 1. The number of rotatable bonds is 6. The highest BCUT2D eigenvalue weighted by Gasteiger charge is 2.22. The normalized spacial score (nSPS) is 12.1. The fraction of sp³-hybridized carbons (Fsp3) is 0.286. The Morgan fingerprint density at radius 1 is 1.43 bits per heavy atom. The van der Waals surface area contributed by atoms with Gasteiger partial charge >= 0.3 is 5.97 Å². The Kier molecular flexibility index (Phi) is 4.60. The lowest BCUT2D eigenvalue weighted by Gasteiger charge is -2.08. The summed E-state index contributed by atoms with van der Waals surface area (Å²) < 4.78 is 6.27. The second-order valence-corrected chi connectivity index (χ2v) is 4.87. The Bertz CT molecular complexity index is 782. The average Bonchev–Trinajstić information content (AvgIpc) is 2.95. The molecule has 0 spiro atoms. The topological polar surface area (TPSA) is 138 Å². The van der Waals surface area contributed by atoms with Crippen LogP contribution in [0.3, 0.4) is 0 Å². The molecule has 9 nitrogen and oxygen atoms in total. The second-order valence-electron chi connectivity index (χ2n) is 4.87. The van der Waals surface area contributed by atoms with Crippen LogP contribution in [0, 0.1) is 10.1 Å². The van der Waals surface area contributed by atoms with Gasteiger partial charge in [0.2, 0.25) is 5.91 Å². The van der Waals surface area contributed by atoms with E-state index in [2.05, 4.69) is 0 Å². The molecular formula is C14H15N3O6. The minimum atomic E-state index is -1.21. The molecule has 2 rings (SSSR count). The van der Waals surface area contributed by atoms with Gasteiger partial charge in [0, 0.05) is 24.1 Å². The van der Waals surface area contributed by atoms with E-state index in [1.54, 1.807) is 0 Å². The first-order chi connectivity index (χ1) is 10.9.